The standard InChI is InChI=1S/C13H15Cl3O5/c1-2-3-8(17)11-9(18)4-7(5-10(11)19)6-21-12(20)13(14,15)16/h7,11H,2-6H2,1H3. The molecule has 21 heavy (non-hydrogen) atoms. The number of ketones is 3. The molecule has 0 aromatic heterocycles. The summed E-state index contributed by atoms with van der Waals surface area (Å²) in [5.74, 6) is -3.91. The van der Waals surface area contributed by atoms with Gasteiger partial charge in [-0.3, -0.25) is 14.4 Å². The molecule has 0 aromatic rings. The highest BCUT2D eigenvalue weighted by molar-refractivity contribution is 6.75. The summed E-state index contributed by atoms with van der Waals surface area (Å²) in [6.45, 7) is 1.60. The van der Waals surface area contributed by atoms with Gasteiger partial charge in [0.15, 0.2) is 17.3 Å². The van der Waals surface area contributed by atoms with E-state index in [-0.39, 0.29) is 31.7 Å². The fourth-order valence-corrected chi connectivity index (χ4v) is 2.36. The Balaban J connectivity index is 2.58. The van der Waals surface area contributed by atoms with Gasteiger partial charge in [-0.25, -0.2) is 4.79 Å². The van der Waals surface area contributed by atoms with Gasteiger partial charge < -0.3 is 4.74 Å². The first-order valence-electron chi connectivity index (χ1n) is 6.48. The van der Waals surface area contributed by atoms with E-state index >= 15 is 0 Å². The van der Waals surface area contributed by atoms with Crippen molar-refractivity contribution >= 4 is 58.1 Å². The van der Waals surface area contributed by atoms with Crippen molar-refractivity contribution in [2.24, 2.45) is 11.8 Å². The van der Waals surface area contributed by atoms with Crippen LogP contribution < -0.4 is 0 Å². The first-order valence-corrected chi connectivity index (χ1v) is 7.62. The van der Waals surface area contributed by atoms with Gasteiger partial charge in [0.2, 0.25) is 0 Å². The number of carbonyl (C=O) groups is 4. The number of rotatable bonds is 5. The molecule has 0 radical (unpaired) electrons. The van der Waals surface area contributed by atoms with Gasteiger partial charge in [0.1, 0.15) is 5.92 Å². The molecule has 0 unspecified atom stereocenters. The van der Waals surface area contributed by atoms with Crippen molar-refractivity contribution in [3.8, 4) is 0 Å². The zero-order valence-corrected chi connectivity index (χ0v) is 13.6. The van der Waals surface area contributed by atoms with Crippen molar-refractivity contribution in [2.75, 3.05) is 6.61 Å². The molecule has 0 bridgehead atoms. The molecule has 1 rings (SSSR count). The largest absolute Gasteiger partial charge is 0.462 e. The number of ether oxygens (including phenoxy) is 1. The number of esters is 1. The van der Waals surface area contributed by atoms with Crippen molar-refractivity contribution in [2.45, 2.75) is 36.4 Å². The van der Waals surface area contributed by atoms with Gasteiger partial charge in [0.05, 0.1) is 6.61 Å². The van der Waals surface area contributed by atoms with E-state index in [2.05, 4.69) is 0 Å². The third-order valence-electron chi connectivity index (χ3n) is 3.12. The fourth-order valence-electron chi connectivity index (χ4n) is 2.20. The number of Topliss-reactive ketones (excluding diaryl/α,β-unsaturated/α-hetero) is 3. The minimum Gasteiger partial charge on any atom is -0.462 e. The third-order valence-corrected chi connectivity index (χ3v) is 3.59. The number of hydrogen-bond acceptors (Lipinski definition) is 5. The predicted octanol–water partition coefficient (Wildman–Crippen LogP) is 2.43. The van der Waals surface area contributed by atoms with Crippen LogP contribution in [0.5, 0.6) is 0 Å². The van der Waals surface area contributed by atoms with Crippen LogP contribution in [-0.2, 0) is 23.9 Å². The zero-order valence-electron chi connectivity index (χ0n) is 11.4. The fraction of sp³-hybridized carbons (Fsp3) is 0.692. The average molecular weight is 358 g/mol. The van der Waals surface area contributed by atoms with E-state index < -0.39 is 33.2 Å². The molecule has 0 spiro atoms. The van der Waals surface area contributed by atoms with Crippen molar-refractivity contribution in [1.82, 2.24) is 0 Å². The highest BCUT2D eigenvalue weighted by Gasteiger charge is 2.40. The van der Waals surface area contributed by atoms with Crippen molar-refractivity contribution < 1.29 is 23.9 Å². The third kappa shape index (κ3) is 5.24. The van der Waals surface area contributed by atoms with Gasteiger partial charge >= 0.3 is 5.97 Å². The molecule has 0 atom stereocenters. The topological polar surface area (TPSA) is 77.5 Å². The summed E-state index contributed by atoms with van der Waals surface area (Å²) in [5.41, 5.74) is 0. The Bertz CT molecular complexity index is 437. The van der Waals surface area contributed by atoms with Crippen LogP contribution in [0.15, 0.2) is 0 Å². The van der Waals surface area contributed by atoms with Crippen LogP contribution in [0.2, 0.25) is 0 Å². The van der Waals surface area contributed by atoms with Gasteiger partial charge in [-0.05, 0) is 6.42 Å². The number of halogens is 3. The highest BCUT2D eigenvalue weighted by atomic mass is 35.6. The summed E-state index contributed by atoms with van der Waals surface area (Å²) in [5, 5.41) is 0. The molecule has 8 heteroatoms. The minimum atomic E-state index is -2.19. The second-order valence-electron chi connectivity index (χ2n) is 4.95. The first kappa shape index (κ1) is 18.4. The van der Waals surface area contributed by atoms with Gasteiger partial charge in [-0.15, -0.1) is 0 Å². The maximum Gasteiger partial charge on any atom is 0.358 e. The van der Waals surface area contributed by atoms with Crippen molar-refractivity contribution in [3.05, 3.63) is 0 Å². The zero-order chi connectivity index (χ0) is 16.2. The molecular weight excluding hydrogens is 342 g/mol. The first-order chi connectivity index (χ1) is 9.66. The summed E-state index contributed by atoms with van der Waals surface area (Å²) in [7, 11) is 0. The summed E-state index contributed by atoms with van der Waals surface area (Å²) in [4.78, 5) is 46.9. The molecule has 0 aliphatic heterocycles. The van der Waals surface area contributed by atoms with Crippen LogP contribution >= 0.6 is 34.8 Å². The van der Waals surface area contributed by atoms with E-state index in [1.165, 1.54) is 0 Å². The SMILES string of the molecule is CCCC(=O)C1C(=O)CC(COC(=O)C(Cl)(Cl)Cl)CC1=O. The van der Waals surface area contributed by atoms with Crippen LogP contribution in [0, 0.1) is 11.8 Å². The number of carbonyl (C=O) groups excluding carboxylic acids is 4. The Morgan fingerprint density at radius 3 is 2.14 bits per heavy atom. The Kier molecular flexibility index (Phi) is 6.63. The lowest BCUT2D eigenvalue weighted by Crippen LogP contribution is -2.40. The molecule has 1 aliphatic rings. The maximum absolute atomic E-state index is 11.9. The summed E-state index contributed by atoms with van der Waals surface area (Å²) < 4.78 is 2.57. The van der Waals surface area contributed by atoms with Gasteiger partial charge in [0.25, 0.3) is 3.79 Å². The normalized spacial score (nSPS) is 23.0. The molecule has 1 saturated carbocycles. The summed E-state index contributed by atoms with van der Waals surface area (Å²) >= 11 is 16.0. The van der Waals surface area contributed by atoms with E-state index in [1.54, 1.807) is 6.92 Å². The molecular formula is C13H15Cl3O5. The van der Waals surface area contributed by atoms with Gasteiger partial charge in [-0.2, -0.15) is 0 Å². The lowest BCUT2D eigenvalue weighted by atomic mass is 9.77. The quantitative estimate of drug-likeness (QED) is 0.429. The van der Waals surface area contributed by atoms with Gasteiger partial charge in [0, 0.05) is 25.2 Å². The van der Waals surface area contributed by atoms with E-state index in [1.807, 2.05) is 0 Å². The molecule has 0 saturated heterocycles. The average Bonchev–Trinajstić information content (AvgIpc) is 2.34. The second kappa shape index (κ2) is 7.56. The molecule has 0 heterocycles. The Morgan fingerprint density at radius 1 is 1.19 bits per heavy atom. The van der Waals surface area contributed by atoms with E-state index in [0.29, 0.717) is 6.42 Å². The van der Waals surface area contributed by atoms with Crippen molar-refractivity contribution in [3.63, 3.8) is 0 Å². The van der Waals surface area contributed by atoms with Crippen LogP contribution in [0.4, 0.5) is 0 Å². The molecule has 118 valence electrons. The molecule has 0 N–H and O–H groups in total. The molecule has 0 amide bonds. The molecule has 1 aliphatic carbocycles. The Labute approximate surface area is 137 Å². The van der Waals surface area contributed by atoms with Crippen molar-refractivity contribution in [1.29, 1.82) is 0 Å². The minimum absolute atomic E-state index is 0.000994. The van der Waals surface area contributed by atoms with Crippen LogP contribution in [0.3, 0.4) is 0 Å². The number of hydrogen-bond donors (Lipinski definition) is 0. The van der Waals surface area contributed by atoms with Crippen LogP contribution in [0.25, 0.3) is 0 Å². The van der Waals surface area contributed by atoms with E-state index in [9.17, 15) is 19.2 Å². The van der Waals surface area contributed by atoms with Crippen LogP contribution in [0.1, 0.15) is 32.6 Å². The second-order valence-corrected chi connectivity index (χ2v) is 7.23. The Hall–Kier alpha value is -0.650. The van der Waals surface area contributed by atoms with E-state index in [4.69, 9.17) is 39.5 Å². The monoisotopic (exact) mass is 356 g/mol. The predicted molar refractivity (Wildman–Crippen MR) is 77.4 cm³/mol. The molecule has 5 nitrogen and oxygen atoms in total. The molecule has 0 aromatic carbocycles. The lowest BCUT2D eigenvalue weighted by molar-refractivity contribution is -0.150. The number of alkyl halides is 3. The lowest BCUT2D eigenvalue weighted by Gasteiger charge is -2.25. The maximum atomic E-state index is 11.9. The van der Waals surface area contributed by atoms with E-state index in [0.717, 1.165) is 0 Å². The smallest absolute Gasteiger partial charge is 0.358 e. The Morgan fingerprint density at radius 2 is 1.71 bits per heavy atom. The summed E-state index contributed by atoms with van der Waals surface area (Å²) in [6.07, 6.45) is 0.785. The van der Waals surface area contributed by atoms with Gasteiger partial charge in [-0.1, -0.05) is 41.7 Å². The summed E-state index contributed by atoms with van der Waals surface area (Å²) in [6, 6.07) is 0. The highest BCUT2D eigenvalue weighted by Crippen LogP contribution is 2.29. The molecule has 1 fully saturated rings. The van der Waals surface area contributed by atoms with Crippen LogP contribution in [-0.4, -0.2) is 33.7 Å².